The van der Waals surface area contributed by atoms with Gasteiger partial charge in [0.2, 0.25) is 0 Å². The second-order valence-corrected chi connectivity index (χ2v) is 5.04. The first-order valence-electron chi connectivity index (χ1n) is 7.22. The highest BCUT2D eigenvalue weighted by molar-refractivity contribution is 5.95. The first-order valence-corrected chi connectivity index (χ1v) is 7.22. The summed E-state index contributed by atoms with van der Waals surface area (Å²) in [6, 6.07) is 11.0. The molecule has 0 heterocycles. The average molecular weight is 315 g/mol. The van der Waals surface area contributed by atoms with Gasteiger partial charge in [-0.15, -0.1) is 0 Å². The Kier molecular flexibility index (Phi) is 5.46. The van der Waals surface area contributed by atoms with Crippen molar-refractivity contribution in [3.8, 4) is 17.2 Å². The number of benzene rings is 2. The van der Waals surface area contributed by atoms with Crippen molar-refractivity contribution in [3.05, 3.63) is 53.1 Å². The van der Waals surface area contributed by atoms with Gasteiger partial charge in [-0.05, 0) is 36.8 Å². The molecule has 0 fully saturated rings. The average Bonchev–Trinajstić information content (AvgIpc) is 2.60. The van der Waals surface area contributed by atoms with E-state index in [0.29, 0.717) is 23.6 Å². The van der Waals surface area contributed by atoms with Crippen LogP contribution in [0.5, 0.6) is 17.2 Å². The Morgan fingerprint density at radius 1 is 1.00 bits per heavy atom. The van der Waals surface area contributed by atoms with Gasteiger partial charge in [0.1, 0.15) is 17.2 Å². The van der Waals surface area contributed by atoms with Crippen LogP contribution in [0.3, 0.4) is 0 Å². The van der Waals surface area contributed by atoms with Crippen LogP contribution in [0.15, 0.2) is 36.4 Å². The lowest BCUT2D eigenvalue weighted by Crippen LogP contribution is -2.23. The number of ether oxygens (including phenoxy) is 3. The van der Waals surface area contributed by atoms with Gasteiger partial charge in [0, 0.05) is 17.7 Å². The molecule has 122 valence electrons. The van der Waals surface area contributed by atoms with E-state index >= 15 is 0 Å². The molecule has 0 radical (unpaired) electrons. The molecule has 2 aromatic carbocycles. The fourth-order valence-corrected chi connectivity index (χ4v) is 2.28. The highest BCUT2D eigenvalue weighted by Gasteiger charge is 2.13. The molecule has 0 aliphatic carbocycles. The molecule has 5 heteroatoms. The fourth-order valence-electron chi connectivity index (χ4n) is 2.28. The summed E-state index contributed by atoms with van der Waals surface area (Å²) in [5.74, 6) is 1.81. The molecule has 5 nitrogen and oxygen atoms in total. The quantitative estimate of drug-likeness (QED) is 0.890. The summed E-state index contributed by atoms with van der Waals surface area (Å²) in [6.07, 6.45) is 0. The number of amides is 1. The summed E-state index contributed by atoms with van der Waals surface area (Å²) in [7, 11) is 4.75. The lowest BCUT2D eigenvalue weighted by atomic mass is 10.1. The zero-order chi connectivity index (χ0) is 16.8. The summed E-state index contributed by atoms with van der Waals surface area (Å²) in [4.78, 5) is 12.4. The van der Waals surface area contributed by atoms with E-state index in [1.165, 1.54) is 0 Å². The standard InChI is InChI=1S/C18H21NO4/c1-12-16(22-3)9-14(10-17(12)23-4)18(20)19-11-13-6-5-7-15(8-13)21-2/h5-10H,11H2,1-4H3,(H,19,20). The number of hydrogen-bond acceptors (Lipinski definition) is 4. The van der Waals surface area contributed by atoms with Crippen molar-refractivity contribution in [3.63, 3.8) is 0 Å². The molecule has 0 saturated carbocycles. The van der Waals surface area contributed by atoms with Crippen molar-refractivity contribution < 1.29 is 19.0 Å². The number of nitrogens with one attached hydrogen (secondary N) is 1. The zero-order valence-electron chi connectivity index (χ0n) is 13.8. The van der Waals surface area contributed by atoms with E-state index in [1.807, 2.05) is 31.2 Å². The van der Waals surface area contributed by atoms with Gasteiger partial charge in [0.15, 0.2) is 0 Å². The van der Waals surface area contributed by atoms with Gasteiger partial charge >= 0.3 is 0 Å². The van der Waals surface area contributed by atoms with E-state index in [2.05, 4.69) is 5.32 Å². The fraction of sp³-hybridized carbons (Fsp3) is 0.278. The maximum atomic E-state index is 12.4. The summed E-state index contributed by atoms with van der Waals surface area (Å²) >= 11 is 0. The van der Waals surface area contributed by atoms with Crippen LogP contribution in [-0.2, 0) is 6.54 Å². The topological polar surface area (TPSA) is 56.8 Å². The Morgan fingerprint density at radius 3 is 2.22 bits per heavy atom. The van der Waals surface area contributed by atoms with Gasteiger partial charge in [0.05, 0.1) is 21.3 Å². The number of carbonyl (C=O) groups excluding carboxylic acids is 1. The smallest absolute Gasteiger partial charge is 0.251 e. The number of methoxy groups -OCH3 is 3. The zero-order valence-corrected chi connectivity index (χ0v) is 13.8. The highest BCUT2D eigenvalue weighted by atomic mass is 16.5. The maximum absolute atomic E-state index is 12.4. The van der Waals surface area contributed by atoms with E-state index in [0.717, 1.165) is 16.9 Å². The van der Waals surface area contributed by atoms with Crippen molar-refractivity contribution >= 4 is 5.91 Å². The molecule has 0 aliphatic heterocycles. The molecule has 0 atom stereocenters. The third kappa shape index (κ3) is 3.94. The Morgan fingerprint density at radius 2 is 1.65 bits per heavy atom. The molecule has 2 rings (SSSR count). The van der Waals surface area contributed by atoms with E-state index in [9.17, 15) is 4.79 Å². The number of rotatable bonds is 6. The molecule has 0 unspecified atom stereocenters. The van der Waals surface area contributed by atoms with Gasteiger partial charge in [-0.25, -0.2) is 0 Å². The molecular weight excluding hydrogens is 294 g/mol. The van der Waals surface area contributed by atoms with E-state index in [4.69, 9.17) is 14.2 Å². The van der Waals surface area contributed by atoms with Crippen molar-refractivity contribution in [2.75, 3.05) is 21.3 Å². The second kappa shape index (κ2) is 7.54. The SMILES string of the molecule is COc1cccc(CNC(=O)c2cc(OC)c(C)c(OC)c2)c1. The largest absolute Gasteiger partial charge is 0.497 e. The Bertz CT molecular complexity index is 672. The van der Waals surface area contributed by atoms with E-state index in [-0.39, 0.29) is 5.91 Å². The first-order chi connectivity index (χ1) is 11.1. The highest BCUT2D eigenvalue weighted by Crippen LogP contribution is 2.29. The van der Waals surface area contributed by atoms with Gasteiger partial charge in [0.25, 0.3) is 5.91 Å². The van der Waals surface area contributed by atoms with Gasteiger partial charge in [-0.1, -0.05) is 12.1 Å². The minimum Gasteiger partial charge on any atom is -0.497 e. The van der Waals surface area contributed by atoms with Crippen LogP contribution in [-0.4, -0.2) is 27.2 Å². The molecule has 1 N–H and O–H groups in total. The number of carbonyl (C=O) groups is 1. The second-order valence-electron chi connectivity index (χ2n) is 5.04. The predicted octanol–water partition coefficient (Wildman–Crippen LogP) is 2.95. The monoisotopic (exact) mass is 315 g/mol. The Balaban J connectivity index is 2.14. The lowest BCUT2D eigenvalue weighted by Gasteiger charge is -2.13. The third-order valence-corrected chi connectivity index (χ3v) is 3.60. The van der Waals surface area contributed by atoms with E-state index < -0.39 is 0 Å². The Labute approximate surface area is 136 Å². The van der Waals surface area contributed by atoms with Crippen LogP contribution in [0.4, 0.5) is 0 Å². The van der Waals surface area contributed by atoms with Crippen LogP contribution in [0, 0.1) is 6.92 Å². The molecule has 0 aliphatic rings. The third-order valence-electron chi connectivity index (χ3n) is 3.60. The first kappa shape index (κ1) is 16.7. The molecule has 2 aromatic rings. The van der Waals surface area contributed by atoms with Crippen LogP contribution in [0.25, 0.3) is 0 Å². The van der Waals surface area contributed by atoms with Crippen molar-refractivity contribution in [2.45, 2.75) is 13.5 Å². The van der Waals surface area contributed by atoms with Crippen molar-refractivity contribution in [2.24, 2.45) is 0 Å². The summed E-state index contributed by atoms with van der Waals surface area (Å²) in [5.41, 5.74) is 2.32. The van der Waals surface area contributed by atoms with Crippen LogP contribution in [0.1, 0.15) is 21.5 Å². The number of hydrogen-bond donors (Lipinski definition) is 1. The molecule has 0 bridgehead atoms. The molecule has 23 heavy (non-hydrogen) atoms. The molecule has 1 amide bonds. The van der Waals surface area contributed by atoms with Gasteiger partial charge < -0.3 is 19.5 Å². The van der Waals surface area contributed by atoms with Crippen molar-refractivity contribution in [1.29, 1.82) is 0 Å². The summed E-state index contributed by atoms with van der Waals surface area (Å²) in [6.45, 7) is 2.30. The maximum Gasteiger partial charge on any atom is 0.251 e. The summed E-state index contributed by atoms with van der Waals surface area (Å²) in [5, 5.41) is 2.88. The van der Waals surface area contributed by atoms with Crippen LogP contribution >= 0.6 is 0 Å². The minimum atomic E-state index is -0.190. The predicted molar refractivity (Wildman–Crippen MR) is 88.4 cm³/mol. The van der Waals surface area contributed by atoms with Gasteiger partial charge in [-0.3, -0.25) is 4.79 Å². The van der Waals surface area contributed by atoms with Crippen molar-refractivity contribution in [1.82, 2.24) is 5.32 Å². The minimum absolute atomic E-state index is 0.190. The molecule has 0 aromatic heterocycles. The van der Waals surface area contributed by atoms with E-state index in [1.54, 1.807) is 33.5 Å². The molecule has 0 spiro atoms. The Hall–Kier alpha value is -2.69. The van der Waals surface area contributed by atoms with Gasteiger partial charge in [-0.2, -0.15) is 0 Å². The normalized spacial score (nSPS) is 10.1. The van der Waals surface area contributed by atoms with Crippen LogP contribution < -0.4 is 19.5 Å². The lowest BCUT2D eigenvalue weighted by molar-refractivity contribution is 0.0950. The molecule has 0 saturated heterocycles. The molecular formula is C18H21NO4. The van der Waals surface area contributed by atoms with Crippen LogP contribution in [0.2, 0.25) is 0 Å². The summed E-state index contributed by atoms with van der Waals surface area (Å²) < 4.78 is 15.8.